The maximum Gasteiger partial charge on any atom is 0.157 e. The number of hydrogen-bond donors (Lipinski definition) is 1. The van der Waals surface area contributed by atoms with Crippen LogP contribution in [-0.4, -0.2) is 38.7 Å². The van der Waals surface area contributed by atoms with Crippen molar-refractivity contribution in [1.82, 2.24) is 5.32 Å². The third-order valence-corrected chi connectivity index (χ3v) is 6.88. The Hall–Kier alpha value is -0.0300. The molecule has 110 valence electrons. The summed E-state index contributed by atoms with van der Waals surface area (Å²) in [7, 11) is -0.725. The van der Waals surface area contributed by atoms with E-state index < -0.39 is 10.8 Å². The molecular weight excluding hydrogens is 276 g/mol. The molecule has 19 heavy (non-hydrogen) atoms. The minimum Gasteiger partial charge on any atom is -0.359 e. The number of hydrogen-bond acceptors (Lipinski definition) is 3. The van der Waals surface area contributed by atoms with Crippen molar-refractivity contribution >= 4 is 27.7 Å². The first-order chi connectivity index (χ1) is 9.01. The Morgan fingerprint density at radius 3 is 3.11 bits per heavy atom. The van der Waals surface area contributed by atoms with Gasteiger partial charge in [-0.1, -0.05) is 38.5 Å². The summed E-state index contributed by atoms with van der Waals surface area (Å²) in [5.41, 5.74) is 0.320. The Kier molecular flexibility index (Phi) is 5.35. The van der Waals surface area contributed by atoms with Crippen molar-refractivity contribution < 1.29 is 4.21 Å². The Balaban J connectivity index is 1.82. The Bertz CT molecular complexity index is 372. The maximum atomic E-state index is 11.3. The fourth-order valence-electron chi connectivity index (χ4n) is 3.01. The van der Waals surface area contributed by atoms with Crippen LogP contribution < -0.4 is 5.32 Å². The van der Waals surface area contributed by atoms with Crippen LogP contribution in [0, 0.1) is 5.92 Å². The summed E-state index contributed by atoms with van der Waals surface area (Å²) in [6.45, 7) is 5.19. The maximum absolute atomic E-state index is 11.3. The average molecular weight is 303 g/mol. The molecule has 1 saturated heterocycles. The third kappa shape index (κ3) is 4.22. The molecule has 2 rings (SSSR count). The molecule has 4 unspecified atom stereocenters. The molecule has 1 spiro atoms. The lowest BCUT2D eigenvalue weighted by molar-refractivity contribution is 0.242. The van der Waals surface area contributed by atoms with E-state index >= 15 is 0 Å². The van der Waals surface area contributed by atoms with Gasteiger partial charge in [0.05, 0.1) is 0 Å². The van der Waals surface area contributed by atoms with E-state index in [4.69, 9.17) is 0 Å². The second-order valence-electron chi connectivity index (χ2n) is 6.18. The highest BCUT2D eigenvalue weighted by Crippen LogP contribution is 2.38. The van der Waals surface area contributed by atoms with Crippen LogP contribution in [0.5, 0.6) is 0 Å². The number of nitrogens with zero attached hydrogens (tertiary/aromatic N) is 1. The van der Waals surface area contributed by atoms with Gasteiger partial charge < -0.3 is 5.32 Å². The predicted octanol–water partition coefficient (Wildman–Crippen LogP) is 2.78. The second kappa shape index (κ2) is 6.61. The van der Waals surface area contributed by atoms with Crippen LogP contribution >= 0.6 is 11.8 Å². The quantitative estimate of drug-likeness (QED) is 0.868. The monoisotopic (exact) mass is 302 g/mol. The predicted molar refractivity (Wildman–Crippen MR) is 86.4 cm³/mol. The molecule has 0 radical (unpaired) electrons. The smallest absolute Gasteiger partial charge is 0.157 e. The minimum atomic E-state index is -0.725. The normalized spacial score (nSPS) is 36.4. The van der Waals surface area contributed by atoms with E-state index in [0.29, 0.717) is 5.54 Å². The first-order valence-corrected chi connectivity index (χ1v) is 9.89. The van der Waals surface area contributed by atoms with Gasteiger partial charge in [0.15, 0.2) is 5.17 Å². The third-order valence-electron chi connectivity index (χ3n) is 4.31. The molecule has 1 saturated carbocycles. The topological polar surface area (TPSA) is 41.5 Å². The molecule has 0 aromatic heterocycles. The number of rotatable bonds is 4. The fraction of sp³-hybridized carbons (Fsp3) is 0.929. The number of amidine groups is 1. The van der Waals surface area contributed by atoms with E-state index in [1.165, 1.54) is 31.4 Å². The molecule has 2 aliphatic rings. The second-order valence-corrected chi connectivity index (χ2v) is 8.95. The summed E-state index contributed by atoms with van der Waals surface area (Å²) in [4.78, 5) is 4.65. The Morgan fingerprint density at radius 1 is 1.63 bits per heavy atom. The van der Waals surface area contributed by atoms with Gasteiger partial charge in [-0.05, 0) is 25.2 Å². The summed E-state index contributed by atoms with van der Waals surface area (Å²) in [5.74, 6) is 2.01. The summed E-state index contributed by atoms with van der Waals surface area (Å²) < 4.78 is 11.3. The van der Waals surface area contributed by atoms with Crippen LogP contribution in [0.4, 0.5) is 0 Å². The number of aliphatic imine (C=N–C) groups is 1. The van der Waals surface area contributed by atoms with E-state index in [-0.39, 0.29) is 5.25 Å². The van der Waals surface area contributed by atoms with Crippen molar-refractivity contribution in [3.8, 4) is 0 Å². The lowest BCUT2D eigenvalue weighted by Gasteiger charge is -2.36. The van der Waals surface area contributed by atoms with Crippen molar-refractivity contribution in [3.05, 3.63) is 0 Å². The fourth-order valence-corrected chi connectivity index (χ4v) is 4.67. The van der Waals surface area contributed by atoms with Crippen molar-refractivity contribution in [2.24, 2.45) is 10.9 Å². The zero-order valence-corrected chi connectivity index (χ0v) is 13.9. The molecule has 4 atom stereocenters. The van der Waals surface area contributed by atoms with Crippen molar-refractivity contribution in [2.75, 3.05) is 18.6 Å². The molecule has 5 heteroatoms. The van der Waals surface area contributed by atoms with Gasteiger partial charge >= 0.3 is 0 Å². The molecule has 1 heterocycles. The molecule has 1 aliphatic heterocycles. The molecule has 1 N–H and O–H groups in total. The first-order valence-electron chi connectivity index (χ1n) is 7.28. The first kappa shape index (κ1) is 15.4. The summed E-state index contributed by atoms with van der Waals surface area (Å²) in [6.07, 6.45) is 7.98. The summed E-state index contributed by atoms with van der Waals surface area (Å²) >= 11 is 1.87. The Morgan fingerprint density at radius 2 is 2.42 bits per heavy atom. The van der Waals surface area contributed by atoms with Gasteiger partial charge in [-0.15, -0.1) is 0 Å². The van der Waals surface area contributed by atoms with Crippen LogP contribution in [0.1, 0.15) is 46.0 Å². The van der Waals surface area contributed by atoms with Crippen molar-refractivity contribution in [1.29, 1.82) is 0 Å². The van der Waals surface area contributed by atoms with E-state index in [0.717, 1.165) is 24.1 Å². The van der Waals surface area contributed by atoms with Crippen molar-refractivity contribution in [2.45, 2.75) is 56.7 Å². The lowest BCUT2D eigenvalue weighted by atomic mass is 9.78. The SMILES string of the molecule is CC1CCCC2(CSC(=NCCC(C)S(C)=O)N2)C1. The zero-order valence-electron chi connectivity index (χ0n) is 12.3. The van der Waals surface area contributed by atoms with Crippen LogP contribution in [-0.2, 0) is 10.8 Å². The molecule has 0 aromatic carbocycles. The molecular formula is C14H26N2OS2. The van der Waals surface area contributed by atoms with Gasteiger partial charge in [0, 0.05) is 40.1 Å². The van der Waals surface area contributed by atoms with Crippen LogP contribution in [0.2, 0.25) is 0 Å². The Labute approximate surface area is 123 Å². The number of nitrogens with one attached hydrogen (secondary N) is 1. The highest BCUT2D eigenvalue weighted by Gasteiger charge is 2.40. The van der Waals surface area contributed by atoms with Crippen LogP contribution in [0.25, 0.3) is 0 Å². The summed E-state index contributed by atoms with van der Waals surface area (Å²) in [6, 6.07) is 0. The van der Waals surface area contributed by atoms with Gasteiger partial charge in [0.1, 0.15) is 0 Å². The molecule has 1 aliphatic carbocycles. The van der Waals surface area contributed by atoms with E-state index in [1.807, 2.05) is 18.7 Å². The highest BCUT2D eigenvalue weighted by molar-refractivity contribution is 8.14. The van der Waals surface area contributed by atoms with Crippen LogP contribution in [0.15, 0.2) is 4.99 Å². The van der Waals surface area contributed by atoms with Gasteiger partial charge in [-0.25, -0.2) is 0 Å². The average Bonchev–Trinajstić information content (AvgIpc) is 2.71. The number of thioether (sulfide) groups is 1. The molecule has 0 aromatic rings. The zero-order chi connectivity index (χ0) is 13.9. The molecule has 3 nitrogen and oxygen atoms in total. The van der Waals surface area contributed by atoms with E-state index in [1.54, 1.807) is 6.26 Å². The minimum absolute atomic E-state index is 0.249. The van der Waals surface area contributed by atoms with Gasteiger partial charge in [-0.2, -0.15) is 0 Å². The lowest BCUT2D eigenvalue weighted by Crippen LogP contribution is -2.47. The van der Waals surface area contributed by atoms with Gasteiger partial charge in [0.25, 0.3) is 0 Å². The largest absolute Gasteiger partial charge is 0.359 e. The highest BCUT2D eigenvalue weighted by atomic mass is 32.2. The molecule has 0 amide bonds. The van der Waals surface area contributed by atoms with Gasteiger partial charge in [-0.3, -0.25) is 9.20 Å². The van der Waals surface area contributed by atoms with Crippen LogP contribution in [0.3, 0.4) is 0 Å². The van der Waals surface area contributed by atoms with Gasteiger partial charge in [0.2, 0.25) is 0 Å². The van der Waals surface area contributed by atoms with E-state index in [9.17, 15) is 4.21 Å². The molecule has 0 bridgehead atoms. The van der Waals surface area contributed by atoms with E-state index in [2.05, 4.69) is 17.2 Å². The standard InChI is InChI=1S/C14H26N2OS2/c1-11-5-4-7-14(9-11)10-18-13(16-14)15-8-6-12(2)19(3)17/h11-12H,4-10H2,1-3H3,(H,15,16). The van der Waals surface area contributed by atoms with Crippen molar-refractivity contribution in [3.63, 3.8) is 0 Å². The molecule has 2 fully saturated rings. The summed E-state index contributed by atoms with van der Waals surface area (Å²) in [5, 5.41) is 5.04.